The third-order valence-corrected chi connectivity index (χ3v) is 3.37. The highest BCUT2D eigenvalue weighted by atomic mass is 16.4. The van der Waals surface area contributed by atoms with Crippen molar-refractivity contribution in [2.45, 2.75) is 39.0 Å². The van der Waals surface area contributed by atoms with Gasteiger partial charge in [-0.1, -0.05) is 56.5 Å². The lowest BCUT2D eigenvalue weighted by Crippen LogP contribution is -2.41. The van der Waals surface area contributed by atoms with Crippen LogP contribution in [0.5, 0.6) is 0 Å². The molecule has 0 aliphatic heterocycles. The maximum Gasteiger partial charge on any atom is 0.321 e. The van der Waals surface area contributed by atoms with E-state index < -0.39 is 17.4 Å². The lowest BCUT2D eigenvalue weighted by molar-refractivity contribution is -0.165. The van der Waals surface area contributed by atoms with Crippen LogP contribution in [-0.4, -0.2) is 22.2 Å². The van der Waals surface area contributed by atoms with Crippen LogP contribution in [0.3, 0.4) is 0 Å². The molecule has 4 nitrogen and oxygen atoms in total. The van der Waals surface area contributed by atoms with Crippen molar-refractivity contribution in [2.75, 3.05) is 0 Å². The van der Waals surface area contributed by atoms with Crippen molar-refractivity contribution in [3.63, 3.8) is 0 Å². The Morgan fingerprint density at radius 1 is 1.05 bits per heavy atom. The minimum absolute atomic E-state index is 0.0300. The molecule has 104 valence electrons. The van der Waals surface area contributed by atoms with E-state index in [1.807, 2.05) is 13.0 Å². The van der Waals surface area contributed by atoms with Gasteiger partial charge in [0.05, 0.1) is 0 Å². The average molecular weight is 264 g/mol. The van der Waals surface area contributed by atoms with Crippen molar-refractivity contribution in [2.24, 2.45) is 5.41 Å². The first kappa shape index (κ1) is 15.2. The van der Waals surface area contributed by atoms with Crippen LogP contribution in [-0.2, 0) is 16.0 Å². The molecular formula is C15H20O4. The van der Waals surface area contributed by atoms with Crippen LogP contribution in [0.15, 0.2) is 30.3 Å². The first-order valence-electron chi connectivity index (χ1n) is 6.53. The highest BCUT2D eigenvalue weighted by Gasteiger charge is 2.45. The fourth-order valence-corrected chi connectivity index (χ4v) is 2.17. The molecule has 0 heterocycles. The summed E-state index contributed by atoms with van der Waals surface area (Å²) >= 11 is 0. The van der Waals surface area contributed by atoms with Crippen molar-refractivity contribution < 1.29 is 19.8 Å². The smallest absolute Gasteiger partial charge is 0.321 e. The number of hydrogen-bond donors (Lipinski definition) is 2. The molecule has 1 aromatic carbocycles. The van der Waals surface area contributed by atoms with E-state index in [2.05, 4.69) is 0 Å². The van der Waals surface area contributed by atoms with Gasteiger partial charge in [-0.25, -0.2) is 0 Å². The Balaban J connectivity index is 2.96. The molecule has 2 N–H and O–H groups in total. The van der Waals surface area contributed by atoms with E-state index in [0.29, 0.717) is 6.42 Å². The van der Waals surface area contributed by atoms with Crippen molar-refractivity contribution in [1.82, 2.24) is 0 Å². The second-order valence-corrected chi connectivity index (χ2v) is 4.81. The molecule has 4 heteroatoms. The molecule has 0 radical (unpaired) electrons. The van der Waals surface area contributed by atoms with Gasteiger partial charge in [0.15, 0.2) is 5.41 Å². The van der Waals surface area contributed by atoms with Crippen LogP contribution in [0.1, 0.15) is 38.2 Å². The summed E-state index contributed by atoms with van der Waals surface area (Å²) in [5, 5.41) is 18.7. The molecule has 0 fully saturated rings. The second-order valence-electron chi connectivity index (χ2n) is 4.81. The Morgan fingerprint density at radius 3 is 2.11 bits per heavy atom. The number of rotatable bonds is 8. The Kier molecular flexibility index (Phi) is 5.55. The minimum atomic E-state index is -1.71. The van der Waals surface area contributed by atoms with Crippen molar-refractivity contribution in [3.05, 3.63) is 35.9 Å². The standard InChI is InChI=1S/C15H20O4/c1-2-3-7-10-15(13(16)17,14(18)19)11-12-8-5-4-6-9-12/h4-6,8-9H,2-3,7,10-11H2,1H3,(H,16,17)(H,18,19). The number of unbranched alkanes of at least 4 members (excludes halogenated alkanes) is 2. The first-order chi connectivity index (χ1) is 9.03. The SMILES string of the molecule is CCCCCC(Cc1ccccc1)(C(=O)O)C(=O)O. The zero-order valence-corrected chi connectivity index (χ0v) is 11.1. The van der Waals surface area contributed by atoms with E-state index in [-0.39, 0.29) is 12.8 Å². The highest BCUT2D eigenvalue weighted by Crippen LogP contribution is 2.31. The van der Waals surface area contributed by atoms with Gasteiger partial charge in [0.1, 0.15) is 0 Å². The first-order valence-corrected chi connectivity index (χ1v) is 6.53. The molecular weight excluding hydrogens is 244 g/mol. The van der Waals surface area contributed by atoms with Gasteiger partial charge in [0, 0.05) is 0 Å². The summed E-state index contributed by atoms with van der Waals surface area (Å²) in [7, 11) is 0. The number of carboxylic acids is 2. The van der Waals surface area contributed by atoms with Crippen LogP contribution in [0, 0.1) is 5.41 Å². The van der Waals surface area contributed by atoms with E-state index >= 15 is 0 Å². The molecule has 0 atom stereocenters. The maximum absolute atomic E-state index is 11.5. The normalized spacial score (nSPS) is 11.2. The highest BCUT2D eigenvalue weighted by molar-refractivity contribution is 5.98. The van der Waals surface area contributed by atoms with Crippen molar-refractivity contribution >= 4 is 11.9 Å². The zero-order valence-electron chi connectivity index (χ0n) is 11.1. The fraction of sp³-hybridized carbons (Fsp3) is 0.467. The molecule has 0 saturated carbocycles. The van der Waals surface area contributed by atoms with Gasteiger partial charge in [-0.3, -0.25) is 9.59 Å². The Bertz CT molecular complexity index is 411. The van der Waals surface area contributed by atoms with Gasteiger partial charge in [-0.05, 0) is 18.4 Å². The molecule has 0 aliphatic carbocycles. The third kappa shape index (κ3) is 3.81. The Labute approximate surface area is 113 Å². The van der Waals surface area contributed by atoms with Crippen LogP contribution < -0.4 is 0 Å². The van der Waals surface area contributed by atoms with E-state index in [1.54, 1.807) is 24.3 Å². The summed E-state index contributed by atoms with van der Waals surface area (Å²) in [4.78, 5) is 23.0. The molecule has 0 unspecified atom stereocenters. The number of benzene rings is 1. The third-order valence-electron chi connectivity index (χ3n) is 3.37. The quantitative estimate of drug-likeness (QED) is 0.559. The van der Waals surface area contributed by atoms with Gasteiger partial charge in [-0.2, -0.15) is 0 Å². The molecule has 0 bridgehead atoms. The summed E-state index contributed by atoms with van der Waals surface area (Å²) in [5.41, 5.74) is -0.972. The lowest BCUT2D eigenvalue weighted by atomic mass is 9.77. The summed E-state index contributed by atoms with van der Waals surface area (Å²) in [6, 6.07) is 8.93. The summed E-state index contributed by atoms with van der Waals surface area (Å²) < 4.78 is 0. The van der Waals surface area contributed by atoms with E-state index in [9.17, 15) is 19.8 Å². The maximum atomic E-state index is 11.5. The zero-order chi connectivity index (χ0) is 14.3. The fourth-order valence-electron chi connectivity index (χ4n) is 2.17. The molecule has 0 amide bonds. The van der Waals surface area contributed by atoms with Crippen molar-refractivity contribution in [3.8, 4) is 0 Å². The summed E-state index contributed by atoms with van der Waals surface area (Å²) in [6.07, 6.45) is 2.59. The molecule has 1 rings (SSSR count). The average Bonchev–Trinajstić information content (AvgIpc) is 2.38. The second kappa shape index (κ2) is 6.92. The Hall–Kier alpha value is -1.84. The topological polar surface area (TPSA) is 74.6 Å². The van der Waals surface area contributed by atoms with Crippen molar-refractivity contribution in [1.29, 1.82) is 0 Å². The monoisotopic (exact) mass is 264 g/mol. The van der Waals surface area contributed by atoms with Gasteiger partial charge in [0.2, 0.25) is 0 Å². The van der Waals surface area contributed by atoms with Gasteiger partial charge in [-0.15, -0.1) is 0 Å². The van der Waals surface area contributed by atoms with E-state index in [4.69, 9.17) is 0 Å². The molecule has 0 saturated heterocycles. The summed E-state index contributed by atoms with van der Waals surface area (Å²) in [6.45, 7) is 2.00. The Morgan fingerprint density at radius 2 is 1.63 bits per heavy atom. The molecule has 0 aliphatic rings. The number of carbonyl (C=O) groups is 2. The van der Waals surface area contributed by atoms with E-state index in [1.165, 1.54) is 0 Å². The minimum Gasteiger partial charge on any atom is -0.480 e. The predicted molar refractivity (Wildman–Crippen MR) is 72.0 cm³/mol. The molecule has 19 heavy (non-hydrogen) atoms. The summed E-state index contributed by atoms with van der Waals surface area (Å²) in [5.74, 6) is -2.50. The number of aliphatic carboxylic acids is 2. The van der Waals surface area contributed by atoms with Crippen LogP contribution in [0.25, 0.3) is 0 Å². The van der Waals surface area contributed by atoms with Gasteiger partial charge >= 0.3 is 11.9 Å². The molecule has 0 aromatic heterocycles. The van der Waals surface area contributed by atoms with Crippen LogP contribution in [0.2, 0.25) is 0 Å². The molecule has 0 spiro atoms. The van der Waals surface area contributed by atoms with Crippen LogP contribution >= 0.6 is 0 Å². The predicted octanol–water partition coefficient (Wildman–Crippen LogP) is 2.96. The number of hydrogen-bond acceptors (Lipinski definition) is 2. The largest absolute Gasteiger partial charge is 0.480 e. The lowest BCUT2D eigenvalue weighted by Gasteiger charge is -2.25. The van der Waals surface area contributed by atoms with Gasteiger partial charge in [0.25, 0.3) is 0 Å². The van der Waals surface area contributed by atoms with Crippen LogP contribution in [0.4, 0.5) is 0 Å². The number of carboxylic acid groups (broad SMARTS) is 2. The van der Waals surface area contributed by atoms with Gasteiger partial charge < -0.3 is 10.2 Å². The van der Waals surface area contributed by atoms with E-state index in [0.717, 1.165) is 18.4 Å². The molecule has 1 aromatic rings.